The average Bonchev–Trinajstić information content (AvgIpc) is 2.26. The fourth-order valence-electron chi connectivity index (χ4n) is 2.12. The highest BCUT2D eigenvalue weighted by Gasteiger charge is 2.30. The van der Waals surface area contributed by atoms with E-state index in [0.717, 1.165) is 19.4 Å². The van der Waals surface area contributed by atoms with Crippen molar-refractivity contribution in [2.45, 2.75) is 58.2 Å². The Labute approximate surface area is 112 Å². The molecule has 1 aliphatic rings. The maximum Gasteiger partial charge on any atom is 0.216 e. The van der Waals surface area contributed by atoms with E-state index >= 15 is 0 Å². The molecule has 1 N–H and O–H groups in total. The standard InChI is InChI=1S/C13H28N2O2S/c1-11(2)18(16,17)15-8-6-12(7-9-15)10-14-13(3,4)5/h11-12,14H,6-10H2,1-5H3. The number of nitrogens with zero attached hydrogens (tertiary/aromatic N) is 1. The maximum absolute atomic E-state index is 12.0. The zero-order valence-corrected chi connectivity index (χ0v) is 13.2. The Morgan fingerprint density at radius 1 is 1.22 bits per heavy atom. The van der Waals surface area contributed by atoms with Crippen molar-refractivity contribution in [2.24, 2.45) is 5.92 Å². The lowest BCUT2D eigenvalue weighted by Crippen LogP contribution is -2.45. The molecule has 18 heavy (non-hydrogen) atoms. The van der Waals surface area contributed by atoms with E-state index in [1.54, 1.807) is 18.2 Å². The van der Waals surface area contributed by atoms with Gasteiger partial charge < -0.3 is 5.32 Å². The molecule has 0 bridgehead atoms. The summed E-state index contributed by atoms with van der Waals surface area (Å²) in [5.74, 6) is 0.600. The van der Waals surface area contributed by atoms with E-state index in [4.69, 9.17) is 0 Å². The Bertz CT molecular complexity index is 350. The first kappa shape index (κ1) is 15.9. The molecule has 0 saturated carbocycles. The topological polar surface area (TPSA) is 49.4 Å². The van der Waals surface area contributed by atoms with Crippen molar-refractivity contribution >= 4 is 10.0 Å². The smallest absolute Gasteiger partial charge is 0.216 e. The molecule has 0 aliphatic carbocycles. The summed E-state index contributed by atoms with van der Waals surface area (Å²) in [7, 11) is -3.05. The van der Waals surface area contributed by atoms with Crippen LogP contribution in [-0.4, -0.2) is 43.1 Å². The van der Waals surface area contributed by atoms with Crippen molar-refractivity contribution in [3.8, 4) is 0 Å². The third-order valence-electron chi connectivity index (χ3n) is 3.45. The molecule has 1 saturated heterocycles. The molecule has 0 spiro atoms. The Balaban J connectivity index is 2.42. The van der Waals surface area contributed by atoms with Gasteiger partial charge in [0.2, 0.25) is 10.0 Å². The third-order valence-corrected chi connectivity index (χ3v) is 5.73. The van der Waals surface area contributed by atoms with Gasteiger partial charge in [-0.2, -0.15) is 0 Å². The second kappa shape index (κ2) is 5.88. The molecule has 0 atom stereocenters. The van der Waals surface area contributed by atoms with Gasteiger partial charge in [-0.15, -0.1) is 0 Å². The average molecular weight is 276 g/mol. The molecule has 0 unspecified atom stereocenters. The van der Waals surface area contributed by atoms with Crippen LogP contribution in [0.1, 0.15) is 47.5 Å². The van der Waals surface area contributed by atoms with Crippen molar-refractivity contribution in [3.63, 3.8) is 0 Å². The SMILES string of the molecule is CC(C)S(=O)(=O)N1CCC(CNC(C)(C)C)CC1. The Kier molecular flexibility index (Phi) is 5.21. The molecule has 1 heterocycles. The predicted molar refractivity (Wildman–Crippen MR) is 76.1 cm³/mol. The van der Waals surface area contributed by atoms with Crippen LogP contribution < -0.4 is 5.32 Å². The van der Waals surface area contributed by atoms with Crippen LogP contribution in [-0.2, 0) is 10.0 Å². The molecule has 108 valence electrons. The van der Waals surface area contributed by atoms with Gasteiger partial charge in [0.1, 0.15) is 0 Å². The van der Waals surface area contributed by atoms with Crippen LogP contribution in [0.5, 0.6) is 0 Å². The molecule has 0 aromatic heterocycles. The number of hydrogen-bond acceptors (Lipinski definition) is 3. The van der Waals surface area contributed by atoms with Crippen LogP contribution in [0.15, 0.2) is 0 Å². The van der Waals surface area contributed by atoms with Gasteiger partial charge >= 0.3 is 0 Å². The summed E-state index contributed by atoms with van der Waals surface area (Å²) in [6, 6.07) is 0. The van der Waals surface area contributed by atoms with Gasteiger partial charge in [-0.25, -0.2) is 12.7 Å². The van der Waals surface area contributed by atoms with Crippen LogP contribution >= 0.6 is 0 Å². The van der Waals surface area contributed by atoms with E-state index in [0.29, 0.717) is 19.0 Å². The summed E-state index contributed by atoms with van der Waals surface area (Å²) in [5.41, 5.74) is 0.140. The second-order valence-electron chi connectivity index (χ2n) is 6.57. The first-order chi connectivity index (χ1) is 8.13. The predicted octanol–water partition coefficient (Wildman–Crippen LogP) is 1.82. The number of piperidine rings is 1. The van der Waals surface area contributed by atoms with Gasteiger partial charge in [0.05, 0.1) is 5.25 Å². The zero-order valence-electron chi connectivity index (χ0n) is 12.4. The third kappa shape index (κ3) is 4.52. The largest absolute Gasteiger partial charge is 0.312 e. The molecule has 1 rings (SSSR count). The number of rotatable bonds is 4. The van der Waals surface area contributed by atoms with Gasteiger partial charge in [0.15, 0.2) is 0 Å². The van der Waals surface area contributed by atoms with Crippen LogP contribution in [0.2, 0.25) is 0 Å². The van der Waals surface area contributed by atoms with Crippen molar-refractivity contribution in [1.29, 1.82) is 0 Å². The molecule has 1 aliphatic heterocycles. The van der Waals surface area contributed by atoms with Gasteiger partial charge in [-0.05, 0) is 59.9 Å². The van der Waals surface area contributed by atoms with Crippen molar-refractivity contribution in [2.75, 3.05) is 19.6 Å². The molecular weight excluding hydrogens is 248 g/mol. The lowest BCUT2D eigenvalue weighted by molar-refractivity contribution is 0.250. The summed E-state index contributed by atoms with van der Waals surface area (Å²) < 4.78 is 25.7. The number of hydrogen-bond donors (Lipinski definition) is 1. The zero-order chi connectivity index (χ0) is 14.0. The van der Waals surface area contributed by atoms with Gasteiger partial charge in [0.25, 0.3) is 0 Å². The molecule has 0 aromatic carbocycles. The van der Waals surface area contributed by atoms with Gasteiger partial charge in [-0.3, -0.25) is 0 Å². The minimum Gasteiger partial charge on any atom is -0.312 e. The minimum atomic E-state index is -3.05. The first-order valence-electron chi connectivity index (χ1n) is 6.87. The molecular formula is C13H28N2O2S. The quantitative estimate of drug-likeness (QED) is 0.852. The van der Waals surface area contributed by atoms with E-state index in [1.165, 1.54) is 0 Å². The second-order valence-corrected chi connectivity index (χ2v) is 9.06. The normalized spacial score (nSPS) is 20.6. The highest BCUT2D eigenvalue weighted by atomic mass is 32.2. The molecule has 4 nitrogen and oxygen atoms in total. The van der Waals surface area contributed by atoms with Crippen LogP contribution in [0.25, 0.3) is 0 Å². The van der Waals surface area contributed by atoms with Crippen molar-refractivity contribution < 1.29 is 8.42 Å². The maximum atomic E-state index is 12.0. The van der Waals surface area contributed by atoms with E-state index < -0.39 is 10.0 Å². The minimum absolute atomic E-state index is 0.140. The summed E-state index contributed by atoms with van der Waals surface area (Å²) in [6.45, 7) is 12.3. The van der Waals surface area contributed by atoms with E-state index in [9.17, 15) is 8.42 Å². The van der Waals surface area contributed by atoms with Gasteiger partial charge in [0, 0.05) is 18.6 Å². The highest BCUT2D eigenvalue weighted by Crippen LogP contribution is 2.21. The number of nitrogens with one attached hydrogen (secondary N) is 1. The summed E-state index contributed by atoms with van der Waals surface area (Å²) >= 11 is 0. The molecule has 0 radical (unpaired) electrons. The summed E-state index contributed by atoms with van der Waals surface area (Å²) in [4.78, 5) is 0. The molecule has 0 amide bonds. The fourth-order valence-corrected chi connectivity index (χ4v) is 3.43. The molecule has 0 aromatic rings. The fraction of sp³-hybridized carbons (Fsp3) is 1.00. The summed E-state index contributed by atoms with van der Waals surface area (Å²) in [6.07, 6.45) is 1.93. The monoisotopic (exact) mass is 276 g/mol. The Morgan fingerprint density at radius 3 is 2.11 bits per heavy atom. The first-order valence-corrected chi connectivity index (χ1v) is 8.37. The lowest BCUT2D eigenvalue weighted by atomic mass is 9.97. The van der Waals surface area contributed by atoms with Crippen LogP contribution in [0.4, 0.5) is 0 Å². The molecule has 5 heteroatoms. The molecule has 1 fully saturated rings. The highest BCUT2D eigenvalue weighted by molar-refractivity contribution is 7.89. The van der Waals surface area contributed by atoms with Crippen LogP contribution in [0.3, 0.4) is 0 Å². The van der Waals surface area contributed by atoms with E-state index in [-0.39, 0.29) is 10.8 Å². The van der Waals surface area contributed by atoms with E-state index in [1.807, 2.05) is 0 Å². The summed E-state index contributed by atoms with van der Waals surface area (Å²) in [5, 5.41) is 3.20. The van der Waals surface area contributed by atoms with Crippen LogP contribution in [0, 0.1) is 5.92 Å². The van der Waals surface area contributed by atoms with Crippen molar-refractivity contribution in [1.82, 2.24) is 9.62 Å². The van der Waals surface area contributed by atoms with E-state index in [2.05, 4.69) is 26.1 Å². The Morgan fingerprint density at radius 2 is 1.72 bits per heavy atom. The van der Waals surface area contributed by atoms with Crippen molar-refractivity contribution in [3.05, 3.63) is 0 Å². The Hall–Kier alpha value is -0.130. The van der Waals surface area contributed by atoms with Gasteiger partial charge in [-0.1, -0.05) is 0 Å². The lowest BCUT2D eigenvalue weighted by Gasteiger charge is -2.34. The number of sulfonamides is 1.